The van der Waals surface area contributed by atoms with Crippen LogP contribution in [0.5, 0.6) is 5.75 Å². The summed E-state index contributed by atoms with van der Waals surface area (Å²) in [5, 5.41) is 25.6. The minimum atomic E-state index is -5.08. The maximum Gasteiger partial charge on any atom is 0.490 e. The number of hydrogen-bond donors (Lipinski definition) is 2. The molecular formula is C30H27F3N4O7S. The molecule has 236 valence electrons. The van der Waals surface area contributed by atoms with Crippen molar-refractivity contribution < 1.29 is 47.2 Å². The van der Waals surface area contributed by atoms with Gasteiger partial charge in [0, 0.05) is 16.0 Å². The lowest BCUT2D eigenvalue weighted by atomic mass is 9.97. The third-order valence-electron chi connectivity index (χ3n) is 6.78. The van der Waals surface area contributed by atoms with Gasteiger partial charge >= 0.3 is 24.1 Å². The predicted molar refractivity (Wildman–Crippen MR) is 157 cm³/mol. The van der Waals surface area contributed by atoms with Gasteiger partial charge in [-0.05, 0) is 49.6 Å². The fourth-order valence-corrected chi connectivity index (χ4v) is 5.69. The van der Waals surface area contributed by atoms with Gasteiger partial charge in [0.2, 0.25) is 0 Å². The fraction of sp³-hybridized carbons (Fsp3) is 0.267. The number of ether oxygens (including phenoxy) is 2. The van der Waals surface area contributed by atoms with Crippen LogP contribution < -0.4 is 4.74 Å². The van der Waals surface area contributed by atoms with E-state index < -0.39 is 24.2 Å². The molecule has 4 aromatic rings. The van der Waals surface area contributed by atoms with Crippen LogP contribution in [0, 0.1) is 20.8 Å². The van der Waals surface area contributed by atoms with Gasteiger partial charge in [-0.2, -0.15) is 13.2 Å². The molecule has 2 N–H and O–H groups in total. The van der Waals surface area contributed by atoms with E-state index in [0.717, 1.165) is 44.4 Å². The van der Waals surface area contributed by atoms with Crippen LogP contribution in [0.1, 0.15) is 45.7 Å². The Bertz CT molecular complexity index is 1760. The number of carboxylic acid groups (broad SMARTS) is 2. The van der Waals surface area contributed by atoms with Gasteiger partial charge in [0.15, 0.2) is 12.4 Å². The van der Waals surface area contributed by atoms with E-state index in [1.165, 1.54) is 12.0 Å². The summed E-state index contributed by atoms with van der Waals surface area (Å²) < 4.78 is 43.9. The maximum absolute atomic E-state index is 12.3. The molecule has 2 aromatic heterocycles. The van der Waals surface area contributed by atoms with Crippen LogP contribution in [-0.4, -0.2) is 68.5 Å². The van der Waals surface area contributed by atoms with Crippen LogP contribution in [0.4, 0.5) is 13.2 Å². The molecule has 0 bridgehead atoms. The van der Waals surface area contributed by atoms with Crippen molar-refractivity contribution in [3.05, 3.63) is 81.7 Å². The molecular weight excluding hydrogens is 617 g/mol. The highest BCUT2D eigenvalue weighted by Gasteiger charge is 2.38. The summed E-state index contributed by atoms with van der Waals surface area (Å²) >= 11 is 1.66. The molecule has 2 aromatic carbocycles. The lowest BCUT2D eigenvalue weighted by molar-refractivity contribution is -0.192. The number of nitrogens with zero attached hydrogens (tertiary/aromatic N) is 4. The quantitative estimate of drug-likeness (QED) is 0.249. The molecule has 0 saturated carbocycles. The number of aryl methyl sites for hydroxylation is 2. The van der Waals surface area contributed by atoms with Crippen molar-refractivity contribution in [2.45, 2.75) is 39.4 Å². The first kappa shape index (κ1) is 32.9. The molecule has 0 unspecified atom stereocenters. The van der Waals surface area contributed by atoms with Crippen molar-refractivity contribution in [1.29, 1.82) is 0 Å². The van der Waals surface area contributed by atoms with Gasteiger partial charge in [0.05, 0.1) is 19.2 Å². The number of thiophene rings is 1. The van der Waals surface area contributed by atoms with E-state index in [4.69, 9.17) is 29.5 Å². The summed E-state index contributed by atoms with van der Waals surface area (Å²) in [6.45, 7) is 5.69. The van der Waals surface area contributed by atoms with Gasteiger partial charge in [-0.15, -0.1) is 21.5 Å². The Hall–Kier alpha value is -5.05. The minimum Gasteiger partial charge on any atom is -0.482 e. The number of carboxylic acids is 2. The topological polar surface area (TPSA) is 153 Å². The molecule has 1 atom stereocenters. The Balaban J connectivity index is 0.000000591. The highest BCUT2D eigenvalue weighted by atomic mass is 32.1. The maximum atomic E-state index is 12.3. The van der Waals surface area contributed by atoms with Crippen molar-refractivity contribution in [2.75, 3.05) is 13.7 Å². The Morgan fingerprint density at radius 2 is 1.49 bits per heavy atom. The lowest BCUT2D eigenvalue weighted by Crippen LogP contribution is -2.21. The van der Waals surface area contributed by atoms with Crippen molar-refractivity contribution in [3.63, 3.8) is 0 Å². The molecule has 0 aliphatic carbocycles. The number of aliphatic carboxylic acids is 2. The zero-order valence-electron chi connectivity index (χ0n) is 24.4. The average molecular weight is 645 g/mol. The van der Waals surface area contributed by atoms with E-state index in [1.54, 1.807) is 23.5 Å². The van der Waals surface area contributed by atoms with Gasteiger partial charge < -0.3 is 19.7 Å². The van der Waals surface area contributed by atoms with Crippen LogP contribution >= 0.6 is 11.3 Å². The Labute approximate surface area is 258 Å². The first-order valence-electron chi connectivity index (χ1n) is 13.2. The molecule has 0 spiro atoms. The number of fused-ring (bicyclic) bond motifs is 3. The molecule has 45 heavy (non-hydrogen) atoms. The normalized spacial score (nSPS) is 13.8. The Morgan fingerprint density at radius 1 is 0.933 bits per heavy atom. The molecule has 0 radical (unpaired) electrons. The molecule has 1 aliphatic heterocycles. The number of alkyl halides is 3. The highest BCUT2D eigenvalue weighted by Crippen LogP contribution is 2.39. The third-order valence-corrected chi connectivity index (χ3v) is 7.97. The van der Waals surface area contributed by atoms with Crippen LogP contribution in [0.3, 0.4) is 0 Å². The number of halogens is 3. The van der Waals surface area contributed by atoms with Gasteiger partial charge in [0.1, 0.15) is 22.6 Å². The Morgan fingerprint density at radius 3 is 2.02 bits per heavy atom. The van der Waals surface area contributed by atoms with E-state index in [2.05, 4.69) is 24.0 Å². The zero-order chi connectivity index (χ0) is 33.1. The molecule has 0 fully saturated rings. The van der Waals surface area contributed by atoms with Crippen LogP contribution in [0.15, 0.2) is 53.5 Å². The number of hydrogen-bond acceptors (Lipinski definition) is 9. The summed E-state index contributed by atoms with van der Waals surface area (Å²) in [4.78, 5) is 38.2. The summed E-state index contributed by atoms with van der Waals surface area (Å²) in [7, 11) is 1.37. The van der Waals surface area contributed by atoms with E-state index in [9.17, 15) is 22.8 Å². The van der Waals surface area contributed by atoms with Crippen LogP contribution in [0.25, 0.3) is 16.1 Å². The molecule has 1 aliphatic rings. The van der Waals surface area contributed by atoms with Crippen molar-refractivity contribution in [1.82, 2.24) is 14.8 Å². The Kier molecular flexibility index (Phi) is 9.71. The second-order valence-electron chi connectivity index (χ2n) is 9.77. The molecule has 5 rings (SSSR count). The molecule has 15 heteroatoms. The summed E-state index contributed by atoms with van der Waals surface area (Å²) in [6, 6.07) is 14.8. The average Bonchev–Trinajstić information content (AvgIpc) is 3.47. The zero-order valence-corrected chi connectivity index (χ0v) is 25.2. The molecule has 0 saturated heterocycles. The minimum absolute atomic E-state index is 0.0550. The standard InChI is InChI=1S/C28H26N4O5S.C2HF3O2/c1-15-16(2)38-28-25(15)26(29-22(13-24(35)36-4)27-31-30-17(3)32(27)28)20-7-5-18(6-8-20)19-9-11-21(12-10-19)37-14-23(33)34;3-2(4,5)1(6)7/h5-12,22H,13-14H2,1-4H3,(H,33,34);(H,6,7)/t22-;/m0./s1. The van der Waals surface area contributed by atoms with E-state index in [-0.39, 0.29) is 19.0 Å². The summed E-state index contributed by atoms with van der Waals surface area (Å²) in [6.07, 6.45) is -5.03. The van der Waals surface area contributed by atoms with Gasteiger partial charge in [-0.25, -0.2) is 9.59 Å². The molecule has 3 heterocycles. The number of aromatic nitrogens is 3. The predicted octanol–water partition coefficient (Wildman–Crippen LogP) is 5.47. The number of rotatable bonds is 7. The van der Waals surface area contributed by atoms with Gasteiger partial charge in [-0.1, -0.05) is 36.4 Å². The number of esters is 1. The van der Waals surface area contributed by atoms with Crippen molar-refractivity contribution in [2.24, 2.45) is 4.99 Å². The smallest absolute Gasteiger partial charge is 0.482 e. The summed E-state index contributed by atoms with van der Waals surface area (Å²) in [5.41, 5.74) is 5.81. The van der Waals surface area contributed by atoms with Crippen LogP contribution in [0.2, 0.25) is 0 Å². The molecule has 0 amide bonds. The largest absolute Gasteiger partial charge is 0.490 e. The number of methoxy groups -OCH3 is 1. The second kappa shape index (κ2) is 13.3. The van der Waals surface area contributed by atoms with Crippen molar-refractivity contribution in [3.8, 4) is 21.9 Å². The fourth-order valence-electron chi connectivity index (χ4n) is 4.48. The summed E-state index contributed by atoms with van der Waals surface area (Å²) in [5.74, 6) is -2.29. The number of benzene rings is 2. The lowest BCUT2D eigenvalue weighted by Gasteiger charge is -2.12. The van der Waals surface area contributed by atoms with Gasteiger partial charge in [-0.3, -0.25) is 14.4 Å². The van der Waals surface area contributed by atoms with E-state index in [0.29, 0.717) is 11.6 Å². The van der Waals surface area contributed by atoms with E-state index in [1.807, 2.05) is 47.9 Å². The highest BCUT2D eigenvalue weighted by molar-refractivity contribution is 7.15. The first-order chi connectivity index (χ1) is 21.2. The molecule has 11 nitrogen and oxygen atoms in total. The van der Waals surface area contributed by atoms with Crippen LogP contribution in [-0.2, 0) is 19.1 Å². The van der Waals surface area contributed by atoms with Gasteiger partial charge in [0.25, 0.3) is 0 Å². The van der Waals surface area contributed by atoms with Crippen molar-refractivity contribution >= 4 is 35.0 Å². The number of aliphatic imine (C=N–C) groups is 1. The first-order valence-corrected chi connectivity index (χ1v) is 14.1. The third kappa shape index (κ3) is 7.37. The monoisotopic (exact) mass is 644 g/mol. The SMILES string of the molecule is COC(=O)C[C@@H]1N=C(c2ccc(-c3ccc(OCC(=O)O)cc3)cc2)c2c(sc(C)c2C)-n2c(C)nnc21.O=C(O)C(F)(F)F. The number of carbonyl (C=O) groups excluding carboxylic acids is 1. The van der Waals surface area contributed by atoms with E-state index >= 15 is 0 Å². The number of carbonyl (C=O) groups is 3. The second-order valence-corrected chi connectivity index (χ2v) is 11.0.